The minimum atomic E-state index is -0.395. The normalized spacial score (nSPS) is 22.4. The van der Waals surface area contributed by atoms with Gasteiger partial charge in [-0.2, -0.15) is 0 Å². The molecule has 1 unspecified atom stereocenters. The van der Waals surface area contributed by atoms with Gasteiger partial charge in [0.25, 0.3) is 0 Å². The van der Waals surface area contributed by atoms with Crippen molar-refractivity contribution < 1.29 is 5.11 Å². The molecule has 0 aliphatic carbocycles. The predicted octanol–water partition coefficient (Wildman–Crippen LogP) is 4.39. The van der Waals surface area contributed by atoms with Crippen LogP contribution in [0.2, 0.25) is 0 Å². The van der Waals surface area contributed by atoms with Crippen molar-refractivity contribution in [1.29, 1.82) is 0 Å². The molecule has 2 heteroatoms. The van der Waals surface area contributed by atoms with E-state index in [2.05, 4.69) is 37.8 Å². The second-order valence-corrected chi connectivity index (χ2v) is 7.22. The summed E-state index contributed by atoms with van der Waals surface area (Å²) in [5.74, 6) is 0.797. The topological polar surface area (TPSA) is 23.5 Å². The first-order chi connectivity index (χ1) is 9.39. The van der Waals surface area contributed by atoms with Gasteiger partial charge in [0.2, 0.25) is 0 Å². The van der Waals surface area contributed by atoms with E-state index in [1.54, 1.807) is 0 Å². The number of hydrogen-bond donors (Lipinski definition) is 1. The summed E-state index contributed by atoms with van der Waals surface area (Å²) in [6, 6.07) is 8.29. The number of rotatable bonds is 2. The van der Waals surface area contributed by atoms with E-state index < -0.39 is 6.10 Å². The summed E-state index contributed by atoms with van der Waals surface area (Å²) < 4.78 is 0. The number of aliphatic hydroxyl groups is 1. The van der Waals surface area contributed by atoms with E-state index in [9.17, 15) is 5.11 Å². The molecule has 2 nitrogen and oxygen atoms in total. The van der Waals surface area contributed by atoms with E-state index in [0.29, 0.717) is 5.41 Å². The van der Waals surface area contributed by atoms with E-state index in [-0.39, 0.29) is 0 Å². The highest BCUT2D eigenvalue weighted by Crippen LogP contribution is 2.36. The number of benzene rings is 1. The van der Waals surface area contributed by atoms with Crippen molar-refractivity contribution in [3.8, 4) is 0 Å². The van der Waals surface area contributed by atoms with Crippen molar-refractivity contribution >= 4 is 5.69 Å². The standard InChI is InChI=1S/C18H29NO/c1-14(20)16-9-5-6-10-17(16)19-12-7-8-15(11-13-19)18(2,3)4/h5-6,9-10,14-15,20H,7-8,11-13H2,1-4H3/t14-,15?/m1/s1. The highest BCUT2D eigenvalue weighted by atomic mass is 16.3. The first-order valence-electron chi connectivity index (χ1n) is 7.91. The molecular formula is C18H29NO. The molecule has 1 heterocycles. The fraction of sp³-hybridized carbons (Fsp3) is 0.667. The number of nitrogens with zero attached hydrogens (tertiary/aromatic N) is 1. The number of anilines is 1. The van der Waals surface area contributed by atoms with Crippen LogP contribution in [0, 0.1) is 11.3 Å². The molecule has 0 saturated carbocycles. The molecule has 0 radical (unpaired) electrons. The van der Waals surface area contributed by atoms with Crippen LogP contribution in [0.4, 0.5) is 5.69 Å². The van der Waals surface area contributed by atoms with Crippen LogP contribution >= 0.6 is 0 Å². The van der Waals surface area contributed by atoms with E-state index >= 15 is 0 Å². The van der Waals surface area contributed by atoms with Gasteiger partial charge in [0.1, 0.15) is 0 Å². The molecule has 2 rings (SSSR count). The summed E-state index contributed by atoms with van der Waals surface area (Å²) in [6.45, 7) is 11.1. The first kappa shape index (κ1) is 15.4. The molecule has 0 aromatic heterocycles. The molecular weight excluding hydrogens is 246 g/mol. The Morgan fingerprint density at radius 3 is 2.50 bits per heavy atom. The molecule has 0 bridgehead atoms. The highest BCUT2D eigenvalue weighted by Gasteiger charge is 2.27. The van der Waals surface area contributed by atoms with Gasteiger partial charge < -0.3 is 10.0 Å². The minimum absolute atomic E-state index is 0.395. The summed E-state index contributed by atoms with van der Waals surface area (Å²) in [5, 5.41) is 9.96. The summed E-state index contributed by atoms with van der Waals surface area (Å²) in [6.07, 6.45) is 3.41. The van der Waals surface area contributed by atoms with Crippen LogP contribution in [-0.2, 0) is 0 Å². The molecule has 112 valence electrons. The maximum atomic E-state index is 9.96. The number of para-hydroxylation sites is 1. The van der Waals surface area contributed by atoms with Gasteiger partial charge >= 0.3 is 0 Å². The quantitative estimate of drug-likeness (QED) is 0.865. The summed E-state index contributed by atoms with van der Waals surface area (Å²) in [5.41, 5.74) is 2.68. The van der Waals surface area contributed by atoms with Gasteiger partial charge in [-0.25, -0.2) is 0 Å². The van der Waals surface area contributed by atoms with Crippen molar-refractivity contribution in [2.75, 3.05) is 18.0 Å². The molecule has 0 spiro atoms. The zero-order valence-corrected chi connectivity index (χ0v) is 13.4. The molecule has 1 aliphatic heterocycles. The van der Waals surface area contributed by atoms with Crippen LogP contribution in [0.5, 0.6) is 0 Å². The van der Waals surface area contributed by atoms with E-state index in [1.807, 2.05) is 19.1 Å². The van der Waals surface area contributed by atoms with E-state index in [1.165, 1.54) is 24.9 Å². The molecule has 1 fully saturated rings. The lowest BCUT2D eigenvalue weighted by Gasteiger charge is -2.30. The van der Waals surface area contributed by atoms with Crippen molar-refractivity contribution in [3.63, 3.8) is 0 Å². The van der Waals surface area contributed by atoms with Gasteiger partial charge in [0.05, 0.1) is 6.10 Å². The molecule has 1 N–H and O–H groups in total. The van der Waals surface area contributed by atoms with Crippen LogP contribution in [0.3, 0.4) is 0 Å². The van der Waals surface area contributed by atoms with Crippen LogP contribution in [0.25, 0.3) is 0 Å². The summed E-state index contributed by atoms with van der Waals surface area (Å²) >= 11 is 0. The van der Waals surface area contributed by atoms with Crippen LogP contribution < -0.4 is 4.90 Å². The Labute approximate surface area is 123 Å². The average Bonchev–Trinajstić information content (AvgIpc) is 2.63. The highest BCUT2D eigenvalue weighted by molar-refractivity contribution is 5.54. The smallest absolute Gasteiger partial charge is 0.0781 e. The van der Waals surface area contributed by atoms with Gasteiger partial charge in [0.15, 0.2) is 0 Å². The molecule has 1 aromatic carbocycles. The molecule has 0 amide bonds. The Hall–Kier alpha value is -1.02. The van der Waals surface area contributed by atoms with Gasteiger partial charge in [0, 0.05) is 24.3 Å². The molecule has 20 heavy (non-hydrogen) atoms. The molecule has 1 saturated heterocycles. The van der Waals surface area contributed by atoms with Gasteiger partial charge in [-0.1, -0.05) is 39.0 Å². The SMILES string of the molecule is C[C@@H](O)c1ccccc1N1CCCC(C(C)(C)C)CC1. The van der Waals surface area contributed by atoms with Crippen LogP contribution in [-0.4, -0.2) is 18.2 Å². The first-order valence-corrected chi connectivity index (χ1v) is 7.91. The zero-order chi connectivity index (χ0) is 14.8. The minimum Gasteiger partial charge on any atom is -0.389 e. The third kappa shape index (κ3) is 3.54. The van der Waals surface area contributed by atoms with E-state index in [0.717, 1.165) is 24.6 Å². The molecule has 1 aliphatic rings. The van der Waals surface area contributed by atoms with Crippen molar-refractivity contribution in [1.82, 2.24) is 0 Å². The van der Waals surface area contributed by atoms with Gasteiger partial charge in [-0.05, 0) is 43.6 Å². The van der Waals surface area contributed by atoms with Crippen molar-refractivity contribution in [2.24, 2.45) is 11.3 Å². The summed E-state index contributed by atoms with van der Waals surface area (Å²) in [4.78, 5) is 2.47. The number of hydrogen-bond acceptors (Lipinski definition) is 2. The lowest BCUT2D eigenvalue weighted by molar-refractivity contribution is 0.199. The Bertz CT molecular complexity index is 433. The fourth-order valence-corrected chi connectivity index (χ4v) is 3.33. The van der Waals surface area contributed by atoms with Crippen LogP contribution in [0.1, 0.15) is 58.6 Å². The predicted molar refractivity (Wildman–Crippen MR) is 86.1 cm³/mol. The fourth-order valence-electron chi connectivity index (χ4n) is 3.33. The van der Waals surface area contributed by atoms with Gasteiger partial charge in [-0.3, -0.25) is 0 Å². The van der Waals surface area contributed by atoms with Crippen LogP contribution in [0.15, 0.2) is 24.3 Å². The Balaban J connectivity index is 2.15. The van der Waals surface area contributed by atoms with Gasteiger partial charge in [-0.15, -0.1) is 0 Å². The van der Waals surface area contributed by atoms with E-state index in [4.69, 9.17) is 0 Å². The Morgan fingerprint density at radius 2 is 1.85 bits per heavy atom. The van der Waals surface area contributed by atoms with Crippen molar-refractivity contribution in [2.45, 2.75) is 53.1 Å². The summed E-state index contributed by atoms with van der Waals surface area (Å²) in [7, 11) is 0. The largest absolute Gasteiger partial charge is 0.389 e. The third-order valence-electron chi connectivity index (χ3n) is 4.68. The lowest BCUT2D eigenvalue weighted by Crippen LogP contribution is -2.27. The molecule has 1 aromatic rings. The third-order valence-corrected chi connectivity index (χ3v) is 4.68. The lowest BCUT2D eigenvalue weighted by atomic mass is 9.77. The second-order valence-electron chi connectivity index (χ2n) is 7.22. The maximum Gasteiger partial charge on any atom is 0.0781 e. The van der Waals surface area contributed by atoms with Crippen molar-refractivity contribution in [3.05, 3.63) is 29.8 Å². The second kappa shape index (κ2) is 6.17. The number of aliphatic hydroxyl groups excluding tert-OH is 1. The monoisotopic (exact) mass is 275 g/mol. The maximum absolute atomic E-state index is 9.96. The molecule has 2 atom stereocenters. The average molecular weight is 275 g/mol. The Morgan fingerprint density at radius 1 is 1.15 bits per heavy atom. The zero-order valence-electron chi connectivity index (χ0n) is 13.4. The Kier molecular flexibility index (Phi) is 4.74.